The molecule has 0 spiro atoms. The topological polar surface area (TPSA) is 50.4 Å². The molecule has 0 bridgehead atoms. The Kier molecular flexibility index (Phi) is 4.53. The lowest BCUT2D eigenvalue weighted by atomic mass is 10.2. The Balaban J connectivity index is 1.97. The average Bonchev–Trinajstić information content (AvgIpc) is 2.40. The minimum Gasteiger partial charge on any atom is -0.410 e. The zero-order chi connectivity index (χ0) is 13.5. The van der Waals surface area contributed by atoms with E-state index in [1.165, 1.54) is 0 Å². The van der Waals surface area contributed by atoms with E-state index in [1.54, 1.807) is 12.1 Å². The number of hydrogen-bond acceptors (Lipinski definition) is 3. The van der Waals surface area contributed by atoms with Crippen molar-refractivity contribution in [3.05, 3.63) is 60.2 Å². The van der Waals surface area contributed by atoms with E-state index < -0.39 is 6.09 Å². The first-order valence-electron chi connectivity index (χ1n) is 6.05. The van der Waals surface area contributed by atoms with Gasteiger partial charge in [0.05, 0.1) is 0 Å². The summed E-state index contributed by atoms with van der Waals surface area (Å²) in [5, 5.41) is 5.76. The highest BCUT2D eigenvalue weighted by molar-refractivity contribution is 5.86. The molecule has 0 atom stereocenters. The lowest BCUT2D eigenvalue weighted by Crippen LogP contribution is -2.17. The first-order valence-corrected chi connectivity index (χ1v) is 6.05. The molecule has 0 aromatic heterocycles. The fraction of sp³-hybridized carbons (Fsp3) is 0.133. The van der Waals surface area contributed by atoms with E-state index in [4.69, 9.17) is 4.74 Å². The molecule has 0 saturated carbocycles. The Morgan fingerprint density at radius 2 is 1.89 bits per heavy atom. The Hall–Kier alpha value is -2.33. The molecule has 4 heteroatoms. The fourth-order valence-electron chi connectivity index (χ4n) is 1.70. The summed E-state index contributed by atoms with van der Waals surface area (Å²) >= 11 is 0. The molecule has 0 saturated heterocycles. The van der Waals surface area contributed by atoms with Crippen LogP contribution in [0, 0.1) is 0 Å². The second-order valence-electron chi connectivity index (χ2n) is 4.06. The third-order valence-electron chi connectivity index (χ3n) is 2.51. The maximum absolute atomic E-state index is 11.7. The number of benzene rings is 2. The van der Waals surface area contributed by atoms with Gasteiger partial charge in [0.15, 0.2) is 0 Å². The van der Waals surface area contributed by atoms with Crippen molar-refractivity contribution in [1.82, 2.24) is 5.32 Å². The molecular formula is C15H16N2O2. The van der Waals surface area contributed by atoms with Gasteiger partial charge in [0.2, 0.25) is 0 Å². The van der Waals surface area contributed by atoms with E-state index in [2.05, 4.69) is 10.6 Å². The second-order valence-corrected chi connectivity index (χ2v) is 4.06. The number of carbonyl (C=O) groups excluding carboxylic acids is 1. The van der Waals surface area contributed by atoms with Gasteiger partial charge in [0, 0.05) is 12.2 Å². The molecule has 2 rings (SSSR count). The summed E-state index contributed by atoms with van der Waals surface area (Å²) in [5.74, 6) is 0.520. The number of para-hydroxylation sites is 1. The predicted octanol–water partition coefficient (Wildman–Crippen LogP) is 3.02. The fourth-order valence-corrected chi connectivity index (χ4v) is 1.70. The molecule has 2 aromatic carbocycles. The van der Waals surface area contributed by atoms with Crippen LogP contribution in [0.3, 0.4) is 0 Å². The predicted molar refractivity (Wildman–Crippen MR) is 75.3 cm³/mol. The van der Waals surface area contributed by atoms with Crippen molar-refractivity contribution >= 4 is 11.8 Å². The molecule has 0 heterocycles. The van der Waals surface area contributed by atoms with Crippen LogP contribution in [0.4, 0.5) is 10.5 Å². The summed E-state index contributed by atoms with van der Waals surface area (Å²) in [6.45, 7) is 0.753. The Labute approximate surface area is 112 Å². The van der Waals surface area contributed by atoms with Crippen LogP contribution in [-0.2, 0) is 6.54 Å². The van der Waals surface area contributed by atoms with Crippen LogP contribution in [0.5, 0.6) is 5.75 Å². The van der Waals surface area contributed by atoms with Crippen molar-refractivity contribution in [2.24, 2.45) is 0 Å². The van der Waals surface area contributed by atoms with E-state index in [1.807, 2.05) is 49.5 Å². The van der Waals surface area contributed by atoms with Gasteiger partial charge >= 0.3 is 6.09 Å². The van der Waals surface area contributed by atoms with Crippen LogP contribution >= 0.6 is 0 Å². The summed E-state index contributed by atoms with van der Waals surface area (Å²) in [5.41, 5.74) is 1.81. The van der Waals surface area contributed by atoms with Gasteiger partial charge in [-0.25, -0.2) is 4.79 Å². The molecule has 0 fully saturated rings. The number of amides is 1. The highest BCUT2D eigenvalue weighted by Gasteiger charge is 2.04. The molecule has 0 unspecified atom stereocenters. The number of ether oxygens (including phenoxy) is 1. The summed E-state index contributed by atoms with van der Waals surface area (Å²) in [6.07, 6.45) is -0.493. The van der Waals surface area contributed by atoms with Gasteiger partial charge in [0.1, 0.15) is 5.75 Å². The first kappa shape index (κ1) is 13.1. The van der Waals surface area contributed by atoms with Crippen molar-refractivity contribution in [1.29, 1.82) is 0 Å². The van der Waals surface area contributed by atoms with Gasteiger partial charge in [-0.2, -0.15) is 0 Å². The van der Waals surface area contributed by atoms with Gasteiger partial charge in [-0.15, -0.1) is 0 Å². The number of rotatable bonds is 4. The monoisotopic (exact) mass is 256 g/mol. The van der Waals surface area contributed by atoms with E-state index in [9.17, 15) is 4.79 Å². The van der Waals surface area contributed by atoms with Crippen LogP contribution in [0.2, 0.25) is 0 Å². The molecule has 4 nitrogen and oxygen atoms in total. The largest absolute Gasteiger partial charge is 0.417 e. The molecule has 0 aliphatic heterocycles. The molecule has 98 valence electrons. The summed E-state index contributed by atoms with van der Waals surface area (Å²) in [4.78, 5) is 11.7. The normalized spacial score (nSPS) is 9.95. The van der Waals surface area contributed by atoms with Gasteiger partial charge in [-0.1, -0.05) is 30.3 Å². The Morgan fingerprint density at radius 3 is 2.63 bits per heavy atom. The Morgan fingerprint density at radius 1 is 1.11 bits per heavy atom. The van der Waals surface area contributed by atoms with Gasteiger partial charge in [0.25, 0.3) is 0 Å². The van der Waals surface area contributed by atoms with Gasteiger partial charge in [-0.05, 0) is 36.9 Å². The third-order valence-corrected chi connectivity index (χ3v) is 2.51. The summed E-state index contributed by atoms with van der Waals surface area (Å²) in [6, 6.07) is 16.6. The maximum atomic E-state index is 11.7. The number of carbonyl (C=O) groups is 1. The van der Waals surface area contributed by atoms with Crippen LogP contribution in [0.25, 0.3) is 0 Å². The highest BCUT2D eigenvalue weighted by atomic mass is 16.6. The molecule has 0 radical (unpaired) electrons. The SMILES string of the molecule is CNCc1cccc(NC(=O)Oc2ccccc2)c1. The van der Waals surface area contributed by atoms with Crippen LogP contribution in [0.1, 0.15) is 5.56 Å². The van der Waals surface area contributed by atoms with Crippen molar-refractivity contribution in [3.8, 4) is 5.75 Å². The molecular weight excluding hydrogens is 240 g/mol. The molecule has 1 amide bonds. The molecule has 0 aliphatic rings. The van der Waals surface area contributed by atoms with Crippen LogP contribution in [-0.4, -0.2) is 13.1 Å². The number of anilines is 1. The first-order chi connectivity index (χ1) is 9.28. The maximum Gasteiger partial charge on any atom is 0.417 e. The summed E-state index contributed by atoms with van der Waals surface area (Å²) in [7, 11) is 1.88. The van der Waals surface area contributed by atoms with Gasteiger partial charge in [-0.3, -0.25) is 5.32 Å². The lowest BCUT2D eigenvalue weighted by molar-refractivity contribution is 0.215. The van der Waals surface area contributed by atoms with E-state index in [0.29, 0.717) is 11.4 Å². The van der Waals surface area contributed by atoms with E-state index in [-0.39, 0.29) is 0 Å². The highest BCUT2D eigenvalue weighted by Crippen LogP contribution is 2.13. The van der Waals surface area contributed by atoms with E-state index in [0.717, 1.165) is 12.1 Å². The zero-order valence-corrected chi connectivity index (χ0v) is 10.7. The lowest BCUT2D eigenvalue weighted by Gasteiger charge is -2.08. The number of hydrogen-bond donors (Lipinski definition) is 2. The van der Waals surface area contributed by atoms with Crippen molar-refractivity contribution in [3.63, 3.8) is 0 Å². The smallest absolute Gasteiger partial charge is 0.410 e. The third kappa shape index (κ3) is 4.12. The van der Waals surface area contributed by atoms with Crippen molar-refractivity contribution in [2.45, 2.75) is 6.54 Å². The minimum absolute atomic E-state index is 0.493. The van der Waals surface area contributed by atoms with Crippen LogP contribution < -0.4 is 15.4 Å². The van der Waals surface area contributed by atoms with Crippen molar-refractivity contribution < 1.29 is 9.53 Å². The standard InChI is InChI=1S/C15H16N2O2/c1-16-11-12-6-5-7-13(10-12)17-15(18)19-14-8-3-2-4-9-14/h2-10,16H,11H2,1H3,(H,17,18). The minimum atomic E-state index is -0.493. The zero-order valence-electron chi connectivity index (χ0n) is 10.7. The Bertz CT molecular complexity index is 541. The van der Waals surface area contributed by atoms with Crippen molar-refractivity contribution in [2.75, 3.05) is 12.4 Å². The summed E-state index contributed by atoms with van der Waals surface area (Å²) < 4.78 is 5.15. The van der Waals surface area contributed by atoms with Crippen LogP contribution in [0.15, 0.2) is 54.6 Å². The molecule has 0 aliphatic carbocycles. The molecule has 19 heavy (non-hydrogen) atoms. The molecule has 2 N–H and O–H groups in total. The van der Waals surface area contributed by atoms with E-state index >= 15 is 0 Å². The molecule has 2 aromatic rings. The number of nitrogens with one attached hydrogen (secondary N) is 2. The van der Waals surface area contributed by atoms with Gasteiger partial charge < -0.3 is 10.1 Å². The second kappa shape index (κ2) is 6.56. The average molecular weight is 256 g/mol. The quantitative estimate of drug-likeness (QED) is 0.884.